The number of hydrogen-bond acceptors (Lipinski definition) is 4. The van der Waals surface area contributed by atoms with E-state index in [9.17, 15) is 4.79 Å². The van der Waals surface area contributed by atoms with E-state index in [4.69, 9.17) is 4.74 Å². The molecule has 0 atom stereocenters. The Kier molecular flexibility index (Phi) is 6.06. The minimum absolute atomic E-state index is 0.0638. The number of thiazole rings is 1. The van der Waals surface area contributed by atoms with E-state index in [-0.39, 0.29) is 12.3 Å². The largest absolute Gasteiger partial charge is 0.496 e. The van der Waals surface area contributed by atoms with Gasteiger partial charge in [0, 0.05) is 16.6 Å². The Hall–Kier alpha value is -2.18. The number of aryl methyl sites for hydroxylation is 1. The molecule has 0 spiro atoms. The smallest absolute Gasteiger partial charge is 0.231 e. The first-order chi connectivity index (χ1) is 12.6. The second kappa shape index (κ2) is 8.47. The highest BCUT2D eigenvalue weighted by atomic mass is 79.9. The summed E-state index contributed by atoms with van der Waals surface area (Å²) in [7, 11) is 1.63. The van der Waals surface area contributed by atoms with Crippen molar-refractivity contribution in [3.05, 3.63) is 62.9 Å². The van der Waals surface area contributed by atoms with E-state index in [1.807, 2.05) is 47.8 Å². The lowest BCUT2D eigenvalue weighted by Gasteiger charge is -2.05. The molecule has 0 aliphatic rings. The summed E-state index contributed by atoms with van der Waals surface area (Å²) < 4.78 is 6.12. The lowest BCUT2D eigenvalue weighted by Crippen LogP contribution is -2.14. The first kappa shape index (κ1) is 18.6. The number of ether oxygens (including phenoxy) is 1. The molecule has 0 unspecified atom stereocenters. The number of amides is 1. The van der Waals surface area contributed by atoms with Gasteiger partial charge in [-0.3, -0.25) is 4.79 Å². The van der Waals surface area contributed by atoms with Gasteiger partial charge in [0.05, 0.1) is 23.7 Å². The van der Waals surface area contributed by atoms with Crippen LogP contribution < -0.4 is 10.1 Å². The predicted octanol–water partition coefficient (Wildman–Crippen LogP) is 5.32. The quantitative estimate of drug-likeness (QED) is 0.575. The van der Waals surface area contributed by atoms with Crippen molar-refractivity contribution >= 4 is 38.9 Å². The fourth-order valence-corrected chi connectivity index (χ4v) is 3.86. The van der Waals surface area contributed by atoms with Gasteiger partial charge in [-0.15, -0.1) is 11.3 Å². The van der Waals surface area contributed by atoms with Crippen molar-refractivity contribution in [2.24, 2.45) is 0 Å². The SMILES string of the molecule is CCc1ccc(NC(=O)Cc2nc(-c3ccc(OC)c(Br)c3)cs2)cc1. The van der Waals surface area contributed by atoms with Crippen LogP contribution in [0.5, 0.6) is 5.75 Å². The fourth-order valence-electron chi connectivity index (χ4n) is 2.52. The Morgan fingerprint density at radius 2 is 2.00 bits per heavy atom. The van der Waals surface area contributed by atoms with Crippen molar-refractivity contribution in [2.75, 3.05) is 12.4 Å². The van der Waals surface area contributed by atoms with Gasteiger partial charge in [0.25, 0.3) is 0 Å². The Morgan fingerprint density at radius 3 is 2.65 bits per heavy atom. The van der Waals surface area contributed by atoms with E-state index >= 15 is 0 Å². The first-order valence-electron chi connectivity index (χ1n) is 8.26. The van der Waals surface area contributed by atoms with Crippen LogP contribution in [-0.4, -0.2) is 18.0 Å². The van der Waals surface area contributed by atoms with Gasteiger partial charge in [-0.25, -0.2) is 4.98 Å². The molecular formula is C20H19BrN2O2S. The average Bonchev–Trinajstić information content (AvgIpc) is 3.10. The molecule has 1 aromatic heterocycles. The van der Waals surface area contributed by atoms with Crippen molar-refractivity contribution in [3.63, 3.8) is 0 Å². The Morgan fingerprint density at radius 1 is 1.23 bits per heavy atom. The van der Waals surface area contributed by atoms with Crippen LogP contribution in [0.25, 0.3) is 11.3 Å². The van der Waals surface area contributed by atoms with Gasteiger partial charge < -0.3 is 10.1 Å². The third kappa shape index (κ3) is 4.51. The van der Waals surface area contributed by atoms with E-state index in [0.717, 1.165) is 38.6 Å². The third-order valence-electron chi connectivity index (χ3n) is 3.96. The molecule has 3 rings (SSSR count). The molecule has 0 saturated heterocycles. The minimum atomic E-state index is -0.0638. The summed E-state index contributed by atoms with van der Waals surface area (Å²) in [6.45, 7) is 2.11. The van der Waals surface area contributed by atoms with Crippen LogP contribution in [0, 0.1) is 0 Å². The van der Waals surface area contributed by atoms with Crippen LogP contribution in [0.4, 0.5) is 5.69 Å². The molecule has 0 aliphatic heterocycles. The van der Waals surface area contributed by atoms with Crippen LogP contribution in [0.2, 0.25) is 0 Å². The van der Waals surface area contributed by atoms with Gasteiger partial charge in [-0.1, -0.05) is 19.1 Å². The number of carbonyl (C=O) groups is 1. The third-order valence-corrected chi connectivity index (χ3v) is 5.43. The topological polar surface area (TPSA) is 51.2 Å². The van der Waals surface area contributed by atoms with E-state index in [0.29, 0.717) is 0 Å². The highest BCUT2D eigenvalue weighted by molar-refractivity contribution is 9.10. The summed E-state index contributed by atoms with van der Waals surface area (Å²) in [5, 5.41) is 5.67. The highest BCUT2D eigenvalue weighted by Gasteiger charge is 2.11. The maximum Gasteiger partial charge on any atom is 0.231 e. The number of carbonyl (C=O) groups excluding carboxylic acids is 1. The van der Waals surface area contributed by atoms with Crippen molar-refractivity contribution in [1.82, 2.24) is 4.98 Å². The Labute approximate surface area is 165 Å². The number of benzene rings is 2. The maximum absolute atomic E-state index is 12.3. The van der Waals surface area contributed by atoms with Gasteiger partial charge in [0.1, 0.15) is 10.8 Å². The molecule has 0 fully saturated rings. The Bertz CT molecular complexity index is 906. The lowest BCUT2D eigenvalue weighted by molar-refractivity contribution is -0.115. The zero-order valence-corrected chi connectivity index (χ0v) is 17.0. The van der Waals surface area contributed by atoms with E-state index in [1.165, 1.54) is 16.9 Å². The molecule has 0 bridgehead atoms. The summed E-state index contributed by atoms with van der Waals surface area (Å²) in [6, 6.07) is 13.7. The molecule has 0 saturated carbocycles. The number of nitrogens with one attached hydrogen (secondary N) is 1. The average molecular weight is 431 g/mol. The maximum atomic E-state index is 12.3. The van der Waals surface area contributed by atoms with Gasteiger partial charge in [0.15, 0.2) is 0 Å². The van der Waals surface area contributed by atoms with Crippen LogP contribution in [0.15, 0.2) is 52.3 Å². The molecule has 1 heterocycles. The summed E-state index contributed by atoms with van der Waals surface area (Å²) >= 11 is 4.97. The number of anilines is 1. The summed E-state index contributed by atoms with van der Waals surface area (Å²) in [4.78, 5) is 16.8. The molecule has 2 aromatic carbocycles. The van der Waals surface area contributed by atoms with Crippen molar-refractivity contribution in [3.8, 4) is 17.0 Å². The molecule has 1 amide bonds. The molecule has 4 nitrogen and oxygen atoms in total. The molecular weight excluding hydrogens is 412 g/mol. The van der Waals surface area contributed by atoms with Crippen LogP contribution in [-0.2, 0) is 17.6 Å². The molecule has 6 heteroatoms. The number of halogens is 1. The second-order valence-electron chi connectivity index (χ2n) is 5.75. The molecule has 0 aliphatic carbocycles. The van der Waals surface area contributed by atoms with E-state index in [1.54, 1.807) is 7.11 Å². The standard InChI is InChI=1S/C20H19BrN2O2S/c1-3-13-4-7-15(8-5-13)22-19(24)11-20-23-17(12-26-20)14-6-9-18(25-2)16(21)10-14/h4-10,12H,3,11H2,1-2H3,(H,22,24). The van der Waals surface area contributed by atoms with Crippen molar-refractivity contribution in [2.45, 2.75) is 19.8 Å². The normalized spacial score (nSPS) is 10.6. The number of rotatable bonds is 6. The summed E-state index contributed by atoms with van der Waals surface area (Å²) in [5.74, 6) is 0.712. The van der Waals surface area contributed by atoms with Gasteiger partial charge in [-0.05, 0) is 58.2 Å². The van der Waals surface area contributed by atoms with Gasteiger partial charge >= 0.3 is 0 Å². The molecule has 1 N–H and O–H groups in total. The fraction of sp³-hybridized carbons (Fsp3) is 0.200. The number of hydrogen-bond donors (Lipinski definition) is 1. The molecule has 26 heavy (non-hydrogen) atoms. The zero-order valence-electron chi connectivity index (χ0n) is 14.6. The molecule has 134 valence electrons. The highest BCUT2D eigenvalue weighted by Crippen LogP contribution is 2.31. The predicted molar refractivity (Wildman–Crippen MR) is 110 cm³/mol. The van der Waals surface area contributed by atoms with Crippen LogP contribution in [0.1, 0.15) is 17.5 Å². The minimum Gasteiger partial charge on any atom is -0.496 e. The van der Waals surface area contributed by atoms with Crippen LogP contribution in [0.3, 0.4) is 0 Å². The number of aromatic nitrogens is 1. The monoisotopic (exact) mass is 430 g/mol. The second-order valence-corrected chi connectivity index (χ2v) is 7.55. The van der Waals surface area contributed by atoms with E-state index < -0.39 is 0 Å². The molecule has 3 aromatic rings. The first-order valence-corrected chi connectivity index (χ1v) is 9.93. The van der Waals surface area contributed by atoms with Crippen LogP contribution >= 0.6 is 27.3 Å². The van der Waals surface area contributed by atoms with Crippen molar-refractivity contribution in [1.29, 1.82) is 0 Å². The van der Waals surface area contributed by atoms with E-state index in [2.05, 4.69) is 33.2 Å². The number of nitrogens with zero attached hydrogens (tertiary/aromatic N) is 1. The summed E-state index contributed by atoms with van der Waals surface area (Å²) in [5.41, 5.74) is 3.89. The number of methoxy groups -OCH3 is 1. The molecule has 0 radical (unpaired) electrons. The van der Waals surface area contributed by atoms with Gasteiger partial charge in [-0.2, -0.15) is 0 Å². The zero-order chi connectivity index (χ0) is 18.5. The Balaban J connectivity index is 1.65. The lowest BCUT2D eigenvalue weighted by atomic mass is 10.1. The van der Waals surface area contributed by atoms with Crippen molar-refractivity contribution < 1.29 is 9.53 Å². The summed E-state index contributed by atoms with van der Waals surface area (Å²) in [6.07, 6.45) is 1.25. The van der Waals surface area contributed by atoms with Gasteiger partial charge in [0.2, 0.25) is 5.91 Å².